The van der Waals surface area contributed by atoms with Crippen LogP contribution in [-0.4, -0.2) is 21.8 Å². The lowest BCUT2D eigenvalue weighted by Gasteiger charge is -2.14. The Morgan fingerprint density at radius 1 is 0.848 bits per heavy atom. The molecule has 8 nitrogen and oxygen atoms in total. The summed E-state index contributed by atoms with van der Waals surface area (Å²) in [6.07, 6.45) is 0. The molecule has 0 aliphatic heterocycles. The number of anilines is 2. The number of rotatable bonds is 6. The van der Waals surface area contributed by atoms with Gasteiger partial charge in [0.2, 0.25) is 5.09 Å². The second kappa shape index (κ2) is 8.03. The summed E-state index contributed by atoms with van der Waals surface area (Å²) < 4.78 is 63.0. The minimum Gasteiger partial charge on any atom is -0.443 e. The standard InChI is InChI=1S/C21H14ClN3O5S3/c22-14-5-7-16(24-32(26,27)15-6-8-20-18(11-15)23-12-31-20)17(10-14)25-33(28,29)21-9-13-3-1-2-4-19(13)30-21/h1-12,24-25H. The molecule has 0 saturated carbocycles. The summed E-state index contributed by atoms with van der Waals surface area (Å²) in [6, 6.07) is 16.9. The van der Waals surface area contributed by atoms with Crippen molar-refractivity contribution in [1.82, 2.24) is 4.98 Å². The Hall–Kier alpha value is -3.12. The highest BCUT2D eigenvalue weighted by atomic mass is 35.5. The summed E-state index contributed by atoms with van der Waals surface area (Å²) in [5.41, 5.74) is 2.52. The largest absolute Gasteiger partial charge is 0.443 e. The van der Waals surface area contributed by atoms with E-state index in [1.54, 1.807) is 35.8 Å². The molecule has 0 aliphatic carbocycles. The predicted octanol–water partition coefficient (Wildman–Crippen LogP) is 5.30. The van der Waals surface area contributed by atoms with Crippen LogP contribution in [0.2, 0.25) is 5.02 Å². The van der Waals surface area contributed by atoms with Crippen molar-refractivity contribution in [3.8, 4) is 0 Å². The molecule has 168 valence electrons. The van der Waals surface area contributed by atoms with Gasteiger partial charge in [0.25, 0.3) is 20.0 Å². The molecule has 12 heteroatoms. The number of aromatic nitrogens is 1. The van der Waals surface area contributed by atoms with Gasteiger partial charge in [-0.05, 0) is 42.5 Å². The Morgan fingerprint density at radius 3 is 2.45 bits per heavy atom. The first-order valence-electron chi connectivity index (χ1n) is 9.38. The van der Waals surface area contributed by atoms with Gasteiger partial charge in [-0.25, -0.2) is 13.4 Å². The van der Waals surface area contributed by atoms with E-state index in [9.17, 15) is 16.8 Å². The Bertz CT molecular complexity index is 1690. The zero-order chi connectivity index (χ0) is 23.2. The van der Waals surface area contributed by atoms with Crippen LogP contribution in [0.5, 0.6) is 0 Å². The molecule has 0 aliphatic rings. The van der Waals surface area contributed by atoms with Crippen LogP contribution in [0, 0.1) is 0 Å². The minimum atomic E-state index is -4.17. The number of halogens is 1. The highest BCUT2D eigenvalue weighted by Gasteiger charge is 2.23. The topological polar surface area (TPSA) is 118 Å². The van der Waals surface area contributed by atoms with Gasteiger partial charge in [-0.15, -0.1) is 11.3 Å². The lowest BCUT2D eigenvalue weighted by Crippen LogP contribution is -2.17. The number of nitrogens with zero attached hydrogens (tertiary/aromatic N) is 1. The molecule has 2 aromatic heterocycles. The van der Waals surface area contributed by atoms with Crippen LogP contribution in [0.1, 0.15) is 0 Å². The van der Waals surface area contributed by atoms with Crippen molar-refractivity contribution in [2.45, 2.75) is 9.99 Å². The number of para-hydroxylation sites is 1. The molecule has 0 spiro atoms. The number of thiazole rings is 1. The van der Waals surface area contributed by atoms with Gasteiger partial charge in [-0.3, -0.25) is 9.44 Å². The molecule has 0 fully saturated rings. The number of sulfonamides is 2. The van der Waals surface area contributed by atoms with Crippen LogP contribution >= 0.6 is 22.9 Å². The number of fused-ring (bicyclic) bond motifs is 2. The van der Waals surface area contributed by atoms with E-state index < -0.39 is 20.0 Å². The molecular formula is C21H14ClN3O5S3. The minimum absolute atomic E-state index is 0.00235. The lowest BCUT2D eigenvalue weighted by molar-refractivity contribution is 0.484. The summed E-state index contributed by atoms with van der Waals surface area (Å²) in [7, 11) is -8.22. The normalized spacial score (nSPS) is 12.3. The van der Waals surface area contributed by atoms with Gasteiger partial charge in [-0.2, -0.15) is 8.42 Å². The van der Waals surface area contributed by atoms with E-state index in [1.165, 1.54) is 47.7 Å². The monoisotopic (exact) mass is 519 g/mol. The maximum atomic E-state index is 13.0. The molecule has 2 N–H and O–H groups in total. The van der Waals surface area contributed by atoms with E-state index in [0.717, 1.165) is 4.70 Å². The number of benzene rings is 3. The molecule has 0 bridgehead atoms. The van der Waals surface area contributed by atoms with Crippen molar-refractivity contribution in [2.75, 3.05) is 9.44 Å². The highest BCUT2D eigenvalue weighted by Crippen LogP contribution is 2.32. The Labute approximate surface area is 197 Å². The molecule has 3 aromatic carbocycles. The van der Waals surface area contributed by atoms with Gasteiger partial charge in [0.05, 0.1) is 32.0 Å². The van der Waals surface area contributed by atoms with Gasteiger partial charge in [-0.1, -0.05) is 29.8 Å². The van der Waals surface area contributed by atoms with Crippen LogP contribution in [-0.2, 0) is 20.0 Å². The van der Waals surface area contributed by atoms with Crippen molar-refractivity contribution in [3.05, 3.63) is 77.3 Å². The third kappa shape index (κ3) is 4.27. The molecule has 0 unspecified atom stereocenters. The number of hydrogen-bond donors (Lipinski definition) is 2. The van der Waals surface area contributed by atoms with E-state index in [1.807, 2.05) is 0 Å². The average Bonchev–Trinajstić information content (AvgIpc) is 3.42. The zero-order valence-corrected chi connectivity index (χ0v) is 19.7. The molecule has 0 atom stereocenters. The molecule has 0 amide bonds. The summed E-state index contributed by atoms with van der Waals surface area (Å²) in [5.74, 6) is 0. The van der Waals surface area contributed by atoms with Crippen LogP contribution < -0.4 is 9.44 Å². The summed E-state index contributed by atoms with van der Waals surface area (Å²) in [6.45, 7) is 0. The third-order valence-electron chi connectivity index (χ3n) is 4.75. The molecule has 5 rings (SSSR count). The zero-order valence-electron chi connectivity index (χ0n) is 16.5. The van der Waals surface area contributed by atoms with E-state index in [2.05, 4.69) is 14.4 Å². The number of nitrogens with one attached hydrogen (secondary N) is 2. The lowest BCUT2D eigenvalue weighted by atomic mass is 10.3. The fourth-order valence-corrected chi connectivity index (χ4v) is 6.15. The molecule has 0 saturated heterocycles. The van der Waals surface area contributed by atoms with Gasteiger partial charge in [0.15, 0.2) is 0 Å². The maximum absolute atomic E-state index is 13.0. The van der Waals surface area contributed by atoms with E-state index in [0.29, 0.717) is 16.5 Å². The summed E-state index contributed by atoms with van der Waals surface area (Å²) in [5, 5.41) is 0.512. The SMILES string of the molecule is O=S(=O)(Nc1ccc(Cl)cc1NS(=O)(=O)c1cc2ccccc2o1)c1ccc2scnc2c1. The van der Waals surface area contributed by atoms with Crippen LogP contribution in [0.4, 0.5) is 11.4 Å². The number of furan rings is 1. The van der Waals surface area contributed by atoms with Gasteiger partial charge in [0, 0.05) is 16.5 Å². The molecule has 0 radical (unpaired) electrons. The molecule has 5 aromatic rings. The quantitative estimate of drug-likeness (QED) is 0.314. The first-order valence-corrected chi connectivity index (χ1v) is 13.6. The predicted molar refractivity (Wildman–Crippen MR) is 129 cm³/mol. The fraction of sp³-hybridized carbons (Fsp3) is 0. The van der Waals surface area contributed by atoms with E-state index in [4.69, 9.17) is 16.0 Å². The second-order valence-electron chi connectivity index (χ2n) is 6.99. The van der Waals surface area contributed by atoms with Crippen LogP contribution in [0.3, 0.4) is 0 Å². The molecule has 33 heavy (non-hydrogen) atoms. The fourth-order valence-electron chi connectivity index (χ4n) is 3.18. The summed E-state index contributed by atoms with van der Waals surface area (Å²) >= 11 is 7.45. The Kier molecular flexibility index (Phi) is 5.28. The molecular weight excluding hydrogens is 506 g/mol. The van der Waals surface area contributed by atoms with Crippen LogP contribution in [0.25, 0.3) is 21.2 Å². The third-order valence-corrected chi connectivity index (χ3v) is 8.38. The van der Waals surface area contributed by atoms with Crippen molar-refractivity contribution in [3.63, 3.8) is 0 Å². The average molecular weight is 520 g/mol. The highest BCUT2D eigenvalue weighted by molar-refractivity contribution is 7.93. The van der Waals surface area contributed by atoms with Crippen molar-refractivity contribution >= 4 is 75.5 Å². The first kappa shape index (κ1) is 21.7. The smallest absolute Gasteiger partial charge is 0.295 e. The first-order chi connectivity index (χ1) is 15.7. The van der Waals surface area contributed by atoms with Gasteiger partial charge < -0.3 is 4.42 Å². The van der Waals surface area contributed by atoms with Crippen molar-refractivity contribution < 1.29 is 21.3 Å². The summed E-state index contributed by atoms with van der Waals surface area (Å²) in [4.78, 5) is 4.12. The maximum Gasteiger partial charge on any atom is 0.295 e. The molecule has 2 heterocycles. The van der Waals surface area contributed by atoms with Crippen LogP contribution in [0.15, 0.2) is 86.6 Å². The van der Waals surface area contributed by atoms with E-state index in [-0.39, 0.29) is 26.4 Å². The van der Waals surface area contributed by atoms with Gasteiger partial charge >= 0.3 is 0 Å². The Morgan fingerprint density at radius 2 is 1.64 bits per heavy atom. The Balaban J connectivity index is 1.49. The number of hydrogen-bond acceptors (Lipinski definition) is 7. The van der Waals surface area contributed by atoms with Crippen molar-refractivity contribution in [2.24, 2.45) is 0 Å². The van der Waals surface area contributed by atoms with Gasteiger partial charge in [0.1, 0.15) is 5.58 Å². The van der Waals surface area contributed by atoms with E-state index >= 15 is 0 Å². The van der Waals surface area contributed by atoms with Crippen molar-refractivity contribution in [1.29, 1.82) is 0 Å². The second-order valence-corrected chi connectivity index (χ2v) is 11.6.